The number of hydrogen-bond acceptors (Lipinski definition) is 8. The Morgan fingerprint density at radius 3 is 2.58 bits per heavy atom. The zero-order valence-corrected chi connectivity index (χ0v) is 21.3. The van der Waals surface area contributed by atoms with E-state index in [1.165, 1.54) is 6.20 Å². The number of amides is 3. The zero-order chi connectivity index (χ0) is 27.2. The van der Waals surface area contributed by atoms with Crippen LogP contribution in [-0.2, 0) is 22.6 Å². The molecule has 0 aliphatic rings. The maximum Gasteiger partial charge on any atom is 0.256 e. The number of carbonyl (C=O) groups is 3. The summed E-state index contributed by atoms with van der Waals surface area (Å²) in [5.41, 5.74) is 2.81. The summed E-state index contributed by atoms with van der Waals surface area (Å²) in [7, 11) is 0. The molecule has 11 nitrogen and oxygen atoms in total. The van der Waals surface area contributed by atoms with Gasteiger partial charge in [-0.05, 0) is 54.3 Å². The standard InChI is InChI=1S/C27H32N8O3/c1-3-11-29-25-22(17-33-27(35-25)30-14-10-19-8-12-28-13-9-19)26(38)32-16-20-6-5-7-21(15-20)34-24(37)18-31-23(36)4-2/h4-9,12-13,15,17H,2-3,10-11,14,16,18H2,1H3,(H,31,36)(H,32,38)(H,34,37)(H2,29,30,33,35). The van der Waals surface area contributed by atoms with Crippen molar-refractivity contribution in [3.63, 3.8) is 0 Å². The van der Waals surface area contributed by atoms with Gasteiger partial charge < -0.3 is 26.6 Å². The molecule has 0 atom stereocenters. The highest BCUT2D eigenvalue weighted by molar-refractivity contribution is 5.99. The summed E-state index contributed by atoms with van der Waals surface area (Å²) in [6.45, 7) is 6.72. The Balaban J connectivity index is 1.58. The Kier molecular flexibility index (Phi) is 10.7. The van der Waals surface area contributed by atoms with Crippen LogP contribution >= 0.6 is 0 Å². The largest absolute Gasteiger partial charge is 0.369 e. The third-order valence-electron chi connectivity index (χ3n) is 5.29. The van der Waals surface area contributed by atoms with Gasteiger partial charge >= 0.3 is 0 Å². The van der Waals surface area contributed by atoms with Crippen LogP contribution in [-0.4, -0.2) is 52.3 Å². The van der Waals surface area contributed by atoms with Crippen LogP contribution in [0, 0.1) is 0 Å². The number of nitrogens with zero attached hydrogens (tertiary/aromatic N) is 3. The first-order valence-corrected chi connectivity index (χ1v) is 12.3. The van der Waals surface area contributed by atoms with Crippen molar-refractivity contribution in [1.82, 2.24) is 25.6 Å². The van der Waals surface area contributed by atoms with E-state index in [-0.39, 0.29) is 24.9 Å². The van der Waals surface area contributed by atoms with Crippen molar-refractivity contribution in [2.75, 3.05) is 35.6 Å². The summed E-state index contributed by atoms with van der Waals surface area (Å²) in [6.07, 6.45) is 7.76. The molecular formula is C27H32N8O3. The molecule has 0 fully saturated rings. The molecule has 0 bridgehead atoms. The van der Waals surface area contributed by atoms with Crippen molar-refractivity contribution >= 4 is 35.2 Å². The van der Waals surface area contributed by atoms with Crippen LogP contribution in [0.15, 0.2) is 67.6 Å². The van der Waals surface area contributed by atoms with Gasteiger partial charge in [0.1, 0.15) is 11.4 Å². The minimum atomic E-state index is -0.429. The number of carbonyl (C=O) groups excluding carboxylic acids is 3. The fourth-order valence-corrected chi connectivity index (χ4v) is 3.36. The van der Waals surface area contributed by atoms with Crippen LogP contribution in [0.2, 0.25) is 0 Å². The normalized spacial score (nSPS) is 10.2. The molecule has 0 saturated carbocycles. The fourth-order valence-electron chi connectivity index (χ4n) is 3.36. The first-order valence-electron chi connectivity index (χ1n) is 12.3. The van der Waals surface area contributed by atoms with E-state index in [1.807, 2.05) is 25.1 Å². The Hall–Kier alpha value is -4.80. The second kappa shape index (κ2) is 14.7. The average Bonchev–Trinajstić information content (AvgIpc) is 2.94. The van der Waals surface area contributed by atoms with Crippen molar-refractivity contribution in [3.05, 3.63) is 84.3 Å². The van der Waals surface area contributed by atoms with E-state index >= 15 is 0 Å². The van der Waals surface area contributed by atoms with Crippen molar-refractivity contribution in [1.29, 1.82) is 0 Å². The number of nitrogens with one attached hydrogen (secondary N) is 5. The summed E-state index contributed by atoms with van der Waals surface area (Å²) in [5.74, 6) is -0.245. The van der Waals surface area contributed by atoms with E-state index < -0.39 is 5.91 Å². The van der Waals surface area contributed by atoms with Crippen LogP contribution in [0.1, 0.15) is 34.8 Å². The smallest absolute Gasteiger partial charge is 0.256 e. The third kappa shape index (κ3) is 9.01. The summed E-state index contributed by atoms with van der Waals surface area (Å²) in [5, 5.41) is 14.4. The minimum absolute atomic E-state index is 0.173. The number of aromatic nitrogens is 3. The molecule has 198 valence electrons. The summed E-state index contributed by atoms with van der Waals surface area (Å²) in [4.78, 5) is 49.1. The summed E-state index contributed by atoms with van der Waals surface area (Å²) < 4.78 is 0. The Morgan fingerprint density at radius 2 is 1.82 bits per heavy atom. The zero-order valence-electron chi connectivity index (χ0n) is 21.3. The highest BCUT2D eigenvalue weighted by Gasteiger charge is 2.15. The fraction of sp³-hybridized carbons (Fsp3) is 0.259. The summed E-state index contributed by atoms with van der Waals surface area (Å²) >= 11 is 0. The molecular weight excluding hydrogens is 484 g/mol. The predicted molar refractivity (Wildman–Crippen MR) is 147 cm³/mol. The Labute approximate surface area is 221 Å². The SMILES string of the molecule is C=CC(=O)NCC(=O)Nc1cccc(CNC(=O)c2cnc(NCCc3ccncc3)nc2NCCC)c1. The summed E-state index contributed by atoms with van der Waals surface area (Å²) in [6, 6.07) is 11.0. The molecule has 38 heavy (non-hydrogen) atoms. The average molecular weight is 517 g/mol. The van der Waals surface area contributed by atoms with Crippen molar-refractivity contribution in [2.24, 2.45) is 0 Å². The van der Waals surface area contributed by atoms with Gasteiger partial charge in [-0.3, -0.25) is 19.4 Å². The molecule has 5 N–H and O–H groups in total. The lowest BCUT2D eigenvalue weighted by Gasteiger charge is -2.13. The van der Waals surface area contributed by atoms with Gasteiger partial charge in [0.25, 0.3) is 5.91 Å². The second-order valence-corrected chi connectivity index (χ2v) is 8.27. The Bertz CT molecular complexity index is 1250. The topological polar surface area (TPSA) is 150 Å². The molecule has 3 aromatic rings. The van der Waals surface area contributed by atoms with Crippen LogP contribution in [0.3, 0.4) is 0 Å². The third-order valence-corrected chi connectivity index (χ3v) is 5.29. The van der Waals surface area contributed by atoms with Gasteiger partial charge in [0.05, 0.1) is 6.54 Å². The van der Waals surface area contributed by atoms with Crippen LogP contribution < -0.4 is 26.6 Å². The van der Waals surface area contributed by atoms with E-state index in [1.54, 1.807) is 30.6 Å². The predicted octanol–water partition coefficient (Wildman–Crippen LogP) is 2.52. The van der Waals surface area contributed by atoms with Crippen LogP contribution in [0.5, 0.6) is 0 Å². The van der Waals surface area contributed by atoms with Gasteiger partial charge in [-0.25, -0.2) is 4.98 Å². The molecule has 3 amide bonds. The maximum atomic E-state index is 13.0. The lowest BCUT2D eigenvalue weighted by atomic mass is 10.2. The van der Waals surface area contributed by atoms with Crippen LogP contribution in [0.25, 0.3) is 0 Å². The van der Waals surface area contributed by atoms with Crippen molar-refractivity contribution in [3.8, 4) is 0 Å². The number of hydrogen-bond donors (Lipinski definition) is 5. The van der Waals surface area contributed by atoms with Gasteiger partial charge in [0.15, 0.2) is 0 Å². The molecule has 0 aliphatic heterocycles. The molecule has 2 aromatic heterocycles. The molecule has 0 radical (unpaired) electrons. The number of pyridine rings is 1. The molecule has 0 unspecified atom stereocenters. The maximum absolute atomic E-state index is 13.0. The quantitative estimate of drug-likeness (QED) is 0.205. The minimum Gasteiger partial charge on any atom is -0.369 e. The monoisotopic (exact) mass is 516 g/mol. The van der Waals surface area contributed by atoms with E-state index in [4.69, 9.17) is 0 Å². The van der Waals surface area contributed by atoms with Crippen LogP contribution in [0.4, 0.5) is 17.5 Å². The lowest BCUT2D eigenvalue weighted by molar-refractivity contribution is -0.121. The molecule has 2 heterocycles. The number of anilines is 3. The highest BCUT2D eigenvalue weighted by atomic mass is 16.2. The molecule has 0 saturated heterocycles. The first-order chi connectivity index (χ1) is 18.5. The molecule has 11 heteroatoms. The number of rotatable bonds is 14. The lowest BCUT2D eigenvalue weighted by Crippen LogP contribution is -2.31. The van der Waals surface area contributed by atoms with Gasteiger partial charge in [-0.15, -0.1) is 0 Å². The Morgan fingerprint density at radius 1 is 1.00 bits per heavy atom. The molecule has 0 aliphatic carbocycles. The number of benzene rings is 1. The van der Waals surface area contributed by atoms with Gasteiger partial charge in [-0.2, -0.15) is 4.98 Å². The van der Waals surface area contributed by atoms with Crippen molar-refractivity contribution < 1.29 is 14.4 Å². The van der Waals surface area contributed by atoms with Crippen molar-refractivity contribution in [2.45, 2.75) is 26.3 Å². The highest BCUT2D eigenvalue weighted by Crippen LogP contribution is 2.16. The van der Waals surface area contributed by atoms with Gasteiger partial charge in [-0.1, -0.05) is 25.6 Å². The van der Waals surface area contributed by atoms with E-state index in [0.29, 0.717) is 36.1 Å². The molecule has 0 spiro atoms. The molecule has 1 aromatic carbocycles. The van der Waals surface area contributed by atoms with Gasteiger partial charge in [0.2, 0.25) is 17.8 Å². The van der Waals surface area contributed by atoms with Gasteiger partial charge in [0, 0.05) is 43.9 Å². The second-order valence-electron chi connectivity index (χ2n) is 8.27. The van der Waals surface area contributed by atoms with E-state index in [2.05, 4.69) is 48.1 Å². The van der Waals surface area contributed by atoms with E-state index in [9.17, 15) is 14.4 Å². The molecule has 3 rings (SSSR count). The van der Waals surface area contributed by atoms with E-state index in [0.717, 1.165) is 30.0 Å². The first kappa shape index (κ1) is 27.8.